The van der Waals surface area contributed by atoms with Gasteiger partial charge in [0.15, 0.2) is 0 Å². The second-order valence-electron chi connectivity index (χ2n) is 4.32. The molecule has 0 heterocycles. The van der Waals surface area contributed by atoms with Gasteiger partial charge in [-0.2, -0.15) is 0 Å². The highest BCUT2D eigenvalue weighted by Gasteiger charge is 2.26. The Labute approximate surface area is 110 Å². The van der Waals surface area contributed by atoms with E-state index in [1.807, 2.05) is 6.92 Å². The van der Waals surface area contributed by atoms with E-state index in [4.69, 9.17) is 10.5 Å². The first-order valence-corrected chi connectivity index (χ1v) is 5.68. The summed E-state index contributed by atoms with van der Waals surface area (Å²) in [5.41, 5.74) is 5.03. The molecule has 0 fully saturated rings. The number of hydrogen-bond donors (Lipinski definition) is 3. The molecule has 0 bridgehead atoms. The van der Waals surface area contributed by atoms with Gasteiger partial charge in [-0.15, -0.1) is 12.4 Å². The molecular weight excluding hydrogens is 244 g/mol. The molecule has 0 aromatic heterocycles. The molecule has 0 aliphatic heterocycles. The van der Waals surface area contributed by atoms with Crippen molar-refractivity contribution in [1.29, 1.82) is 0 Å². The predicted molar refractivity (Wildman–Crippen MR) is 70.3 cm³/mol. The average Bonchev–Trinajstić information content (AvgIpc) is 2.17. The van der Waals surface area contributed by atoms with Gasteiger partial charge in [0.25, 0.3) is 0 Å². The van der Waals surface area contributed by atoms with Crippen LogP contribution in [0.25, 0.3) is 0 Å². The standard InChI is InChI=1S/C11H24N2O3.ClH/c1-4-6-11(2,12)10(15)13-7-5-9(14)8-16-3;/h9,14H,4-8,12H2,1-3H3,(H,13,15);1H. The number of aliphatic hydroxyl groups is 1. The fourth-order valence-electron chi connectivity index (χ4n) is 1.46. The van der Waals surface area contributed by atoms with Gasteiger partial charge in [0.2, 0.25) is 5.91 Å². The van der Waals surface area contributed by atoms with Crippen LogP contribution >= 0.6 is 12.4 Å². The van der Waals surface area contributed by atoms with E-state index in [9.17, 15) is 9.90 Å². The lowest BCUT2D eigenvalue weighted by molar-refractivity contribution is -0.126. The van der Waals surface area contributed by atoms with E-state index in [1.54, 1.807) is 6.92 Å². The van der Waals surface area contributed by atoms with Crippen LogP contribution in [0.4, 0.5) is 0 Å². The third-order valence-electron chi connectivity index (χ3n) is 2.41. The minimum Gasteiger partial charge on any atom is -0.391 e. The van der Waals surface area contributed by atoms with Gasteiger partial charge in [-0.25, -0.2) is 0 Å². The number of amides is 1. The van der Waals surface area contributed by atoms with Crippen molar-refractivity contribution in [2.75, 3.05) is 20.3 Å². The second-order valence-corrected chi connectivity index (χ2v) is 4.32. The molecule has 0 aliphatic rings. The smallest absolute Gasteiger partial charge is 0.239 e. The maximum atomic E-state index is 11.6. The quantitative estimate of drug-likeness (QED) is 0.596. The van der Waals surface area contributed by atoms with Crippen LogP contribution in [0.15, 0.2) is 0 Å². The Hall–Kier alpha value is -0.360. The minimum absolute atomic E-state index is 0. The van der Waals surface area contributed by atoms with Crippen molar-refractivity contribution < 1.29 is 14.6 Å². The van der Waals surface area contributed by atoms with E-state index in [0.29, 0.717) is 19.4 Å². The third-order valence-corrected chi connectivity index (χ3v) is 2.41. The Bertz CT molecular complexity index is 213. The first-order valence-electron chi connectivity index (χ1n) is 5.68. The Balaban J connectivity index is 0. The summed E-state index contributed by atoms with van der Waals surface area (Å²) in [7, 11) is 1.53. The summed E-state index contributed by atoms with van der Waals surface area (Å²) in [5.74, 6) is -0.168. The summed E-state index contributed by atoms with van der Waals surface area (Å²) >= 11 is 0. The summed E-state index contributed by atoms with van der Waals surface area (Å²) in [4.78, 5) is 11.6. The molecule has 0 aromatic rings. The van der Waals surface area contributed by atoms with Crippen LogP contribution in [0.1, 0.15) is 33.1 Å². The van der Waals surface area contributed by atoms with Crippen LogP contribution in [0, 0.1) is 0 Å². The van der Waals surface area contributed by atoms with Gasteiger partial charge in [0.1, 0.15) is 0 Å². The first-order chi connectivity index (χ1) is 7.44. The summed E-state index contributed by atoms with van der Waals surface area (Å²) in [6, 6.07) is 0. The fourth-order valence-corrected chi connectivity index (χ4v) is 1.46. The Morgan fingerprint density at radius 1 is 1.59 bits per heavy atom. The number of nitrogens with two attached hydrogens (primary N) is 1. The molecule has 4 N–H and O–H groups in total. The molecule has 6 heteroatoms. The van der Waals surface area contributed by atoms with Crippen molar-refractivity contribution >= 4 is 18.3 Å². The molecule has 0 saturated heterocycles. The van der Waals surface area contributed by atoms with Crippen molar-refractivity contribution in [2.45, 2.75) is 44.8 Å². The van der Waals surface area contributed by atoms with Crippen LogP contribution in [0.2, 0.25) is 0 Å². The van der Waals surface area contributed by atoms with Crippen LogP contribution < -0.4 is 11.1 Å². The molecule has 2 atom stereocenters. The zero-order chi connectivity index (χ0) is 12.6. The number of carbonyl (C=O) groups excluding carboxylic acids is 1. The number of methoxy groups -OCH3 is 1. The lowest BCUT2D eigenvalue weighted by atomic mass is 9.96. The van der Waals surface area contributed by atoms with E-state index in [2.05, 4.69) is 5.32 Å². The molecule has 0 rings (SSSR count). The molecule has 0 saturated carbocycles. The largest absolute Gasteiger partial charge is 0.391 e. The molecule has 2 unspecified atom stereocenters. The van der Waals surface area contributed by atoms with Gasteiger partial charge in [0, 0.05) is 13.7 Å². The molecule has 0 aliphatic carbocycles. The number of carbonyl (C=O) groups is 1. The first kappa shape index (κ1) is 19.0. The molecule has 17 heavy (non-hydrogen) atoms. The number of aliphatic hydroxyl groups excluding tert-OH is 1. The molecule has 0 radical (unpaired) electrons. The highest BCUT2D eigenvalue weighted by Crippen LogP contribution is 2.08. The van der Waals surface area contributed by atoms with Gasteiger partial charge >= 0.3 is 0 Å². The number of ether oxygens (including phenoxy) is 1. The maximum Gasteiger partial charge on any atom is 0.239 e. The highest BCUT2D eigenvalue weighted by molar-refractivity contribution is 5.85. The van der Waals surface area contributed by atoms with E-state index in [-0.39, 0.29) is 24.9 Å². The lowest BCUT2D eigenvalue weighted by Crippen LogP contribution is -2.51. The number of rotatable bonds is 8. The van der Waals surface area contributed by atoms with E-state index in [0.717, 1.165) is 6.42 Å². The summed E-state index contributed by atoms with van der Waals surface area (Å²) in [6.45, 7) is 4.41. The maximum absolute atomic E-state index is 11.6. The zero-order valence-electron chi connectivity index (χ0n) is 10.9. The second kappa shape index (κ2) is 9.65. The van der Waals surface area contributed by atoms with Crippen molar-refractivity contribution in [2.24, 2.45) is 5.73 Å². The zero-order valence-corrected chi connectivity index (χ0v) is 11.7. The summed E-state index contributed by atoms with van der Waals surface area (Å²) in [6.07, 6.45) is 1.45. The molecule has 104 valence electrons. The molecular formula is C11H25ClN2O3. The van der Waals surface area contributed by atoms with Crippen molar-refractivity contribution in [3.05, 3.63) is 0 Å². The highest BCUT2D eigenvalue weighted by atomic mass is 35.5. The number of nitrogens with one attached hydrogen (secondary N) is 1. The third kappa shape index (κ3) is 8.37. The van der Waals surface area contributed by atoms with Crippen molar-refractivity contribution in [1.82, 2.24) is 5.32 Å². The van der Waals surface area contributed by atoms with Crippen LogP contribution in [-0.4, -0.2) is 42.9 Å². The number of halogens is 1. The Kier molecular flexibility index (Phi) is 10.8. The van der Waals surface area contributed by atoms with E-state index in [1.165, 1.54) is 7.11 Å². The summed E-state index contributed by atoms with van der Waals surface area (Å²) < 4.78 is 4.78. The van der Waals surface area contributed by atoms with E-state index >= 15 is 0 Å². The normalized spacial score (nSPS) is 15.6. The number of hydrogen-bond acceptors (Lipinski definition) is 4. The lowest BCUT2D eigenvalue weighted by Gasteiger charge is -2.23. The van der Waals surface area contributed by atoms with E-state index < -0.39 is 11.6 Å². The monoisotopic (exact) mass is 268 g/mol. The Morgan fingerprint density at radius 3 is 2.65 bits per heavy atom. The van der Waals surface area contributed by atoms with Crippen molar-refractivity contribution in [3.8, 4) is 0 Å². The average molecular weight is 269 g/mol. The van der Waals surface area contributed by atoms with Gasteiger partial charge in [0.05, 0.1) is 18.2 Å². The van der Waals surface area contributed by atoms with Crippen LogP contribution in [0.5, 0.6) is 0 Å². The fraction of sp³-hybridized carbons (Fsp3) is 0.909. The SMILES string of the molecule is CCCC(C)(N)C(=O)NCCC(O)COC.Cl. The Morgan fingerprint density at radius 2 is 2.18 bits per heavy atom. The summed E-state index contributed by atoms with van der Waals surface area (Å²) in [5, 5.41) is 12.1. The van der Waals surface area contributed by atoms with Gasteiger partial charge in [-0.1, -0.05) is 13.3 Å². The molecule has 5 nitrogen and oxygen atoms in total. The van der Waals surface area contributed by atoms with Gasteiger partial charge in [-0.3, -0.25) is 4.79 Å². The van der Waals surface area contributed by atoms with Gasteiger partial charge in [-0.05, 0) is 19.8 Å². The molecule has 1 amide bonds. The minimum atomic E-state index is -0.818. The molecule has 0 spiro atoms. The van der Waals surface area contributed by atoms with Gasteiger partial charge < -0.3 is 20.9 Å². The van der Waals surface area contributed by atoms with Crippen LogP contribution in [0.3, 0.4) is 0 Å². The van der Waals surface area contributed by atoms with Crippen molar-refractivity contribution in [3.63, 3.8) is 0 Å². The molecule has 0 aromatic carbocycles. The van der Waals surface area contributed by atoms with Crippen LogP contribution in [-0.2, 0) is 9.53 Å². The predicted octanol–water partition coefficient (Wildman–Crippen LogP) is 0.439. The topological polar surface area (TPSA) is 84.6 Å².